The molecular formula is C14H19N3O. The Hall–Kier alpha value is -1.68. The number of nitrogens with one attached hydrogen (secondary N) is 1. The largest absolute Gasteiger partial charge is 0.419 e. The summed E-state index contributed by atoms with van der Waals surface area (Å²) < 4.78 is 5.61. The molecular weight excluding hydrogens is 226 g/mol. The maximum atomic E-state index is 5.61. The molecule has 4 nitrogen and oxygen atoms in total. The second-order valence-corrected chi connectivity index (χ2v) is 4.59. The number of benzene rings is 1. The van der Waals surface area contributed by atoms with Crippen molar-refractivity contribution >= 4 is 0 Å². The Morgan fingerprint density at radius 2 is 1.89 bits per heavy atom. The lowest BCUT2D eigenvalue weighted by Crippen LogP contribution is -2.21. The third kappa shape index (κ3) is 3.17. The Bertz CT molecular complexity index is 488. The van der Waals surface area contributed by atoms with Crippen molar-refractivity contribution in [3.63, 3.8) is 0 Å². The van der Waals surface area contributed by atoms with Gasteiger partial charge in [-0.25, -0.2) is 0 Å². The van der Waals surface area contributed by atoms with Crippen molar-refractivity contribution in [1.29, 1.82) is 0 Å². The Kier molecular flexibility index (Phi) is 4.10. The van der Waals surface area contributed by atoms with Gasteiger partial charge in [-0.15, -0.1) is 10.2 Å². The molecule has 2 rings (SSSR count). The molecule has 1 heterocycles. The van der Waals surface area contributed by atoms with E-state index in [0.29, 0.717) is 24.4 Å². The van der Waals surface area contributed by atoms with Crippen molar-refractivity contribution in [1.82, 2.24) is 15.5 Å². The summed E-state index contributed by atoms with van der Waals surface area (Å²) in [5.74, 6) is 1.21. The first-order valence-electron chi connectivity index (χ1n) is 6.34. The topological polar surface area (TPSA) is 51.0 Å². The zero-order valence-electron chi connectivity index (χ0n) is 11.1. The summed E-state index contributed by atoms with van der Waals surface area (Å²) in [4.78, 5) is 0. The molecule has 0 saturated carbocycles. The van der Waals surface area contributed by atoms with Crippen molar-refractivity contribution in [3.05, 3.63) is 35.7 Å². The van der Waals surface area contributed by atoms with E-state index in [-0.39, 0.29) is 0 Å². The summed E-state index contributed by atoms with van der Waals surface area (Å²) in [6.45, 7) is 6.91. The number of hydrogen-bond acceptors (Lipinski definition) is 4. The number of aromatic nitrogens is 2. The third-order valence-electron chi connectivity index (χ3n) is 2.74. The number of hydrogen-bond donors (Lipinski definition) is 1. The molecule has 0 spiro atoms. The highest BCUT2D eigenvalue weighted by Crippen LogP contribution is 2.18. The van der Waals surface area contributed by atoms with Gasteiger partial charge in [0.15, 0.2) is 0 Å². The van der Waals surface area contributed by atoms with Gasteiger partial charge in [0.1, 0.15) is 0 Å². The normalized spacial score (nSPS) is 11.1. The van der Waals surface area contributed by atoms with Crippen LogP contribution in [-0.2, 0) is 13.0 Å². The molecule has 96 valence electrons. The molecule has 4 heteroatoms. The summed E-state index contributed by atoms with van der Waals surface area (Å²) in [5.41, 5.74) is 2.27. The molecule has 1 aromatic carbocycles. The molecule has 0 aliphatic carbocycles. The predicted molar refractivity (Wildman–Crippen MR) is 71.1 cm³/mol. The van der Waals surface area contributed by atoms with Gasteiger partial charge in [0.25, 0.3) is 0 Å². The second kappa shape index (κ2) is 5.78. The van der Waals surface area contributed by atoms with Gasteiger partial charge >= 0.3 is 0 Å². The van der Waals surface area contributed by atoms with Crippen molar-refractivity contribution in [3.8, 4) is 11.5 Å². The lowest BCUT2D eigenvalue weighted by molar-refractivity contribution is 0.459. The van der Waals surface area contributed by atoms with Gasteiger partial charge in [-0.2, -0.15) is 0 Å². The number of rotatable bonds is 5. The monoisotopic (exact) mass is 245 g/mol. The SMILES string of the molecule is CCc1ccc(-c2nnc(CNC(C)C)o2)cc1. The molecule has 0 radical (unpaired) electrons. The smallest absolute Gasteiger partial charge is 0.247 e. The lowest BCUT2D eigenvalue weighted by Gasteiger charge is -2.03. The minimum absolute atomic E-state index is 0.407. The van der Waals surface area contributed by atoms with Gasteiger partial charge in [-0.1, -0.05) is 32.9 Å². The summed E-state index contributed by atoms with van der Waals surface area (Å²) >= 11 is 0. The van der Waals surface area contributed by atoms with Gasteiger partial charge in [0.05, 0.1) is 6.54 Å². The minimum Gasteiger partial charge on any atom is -0.419 e. The van der Waals surface area contributed by atoms with Crippen LogP contribution < -0.4 is 5.32 Å². The van der Waals surface area contributed by atoms with Crippen LogP contribution >= 0.6 is 0 Å². The predicted octanol–water partition coefficient (Wildman–Crippen LogP) is 2.80. The van der Waals surface area contributed by atoms with E-state index in [1.807, 2.05) is 12.1 Å². The summed E-state index contributed by atoms with van der Waals surface area (Å²) in [6, 6.07) is 8.62. The van der Waals surface area contributed by atoms with E-state index in [4.69, 9.17) is 4.42 Å². The summed E-state index contributed by atoms with van der Waals surface area (Å²) in [6.07, 6.45) is 1.04. The van der Waals surface area contributed by atoms with E-state index in [9.17, 15) is 0 Å². The quantitative estimate of drug-likeness (QED) is 0.880. The lowest BCUT2D eigenvalue weighted by atomic mass is 10.1. The highest BCUT2D eigenvalue weighted by Gasteiger charge is 2.08. The van der Waals surface area contributed by atoms with Crippen LogP contribution in [0.15, 0.2) is 28.7 Å². The molecule has 0 atom stereocenters. The molecule has 0 saturated heterocycles. The van der Waals surface area contributed by atoms with Crippen LogP contribution in [0.1, 0.15) is 32.2 Å². The Labute approximate surface area is 107 Å². The zero-order chi connectivity index (χ0) is 13.0. The van der Waals surface area contributed by atoms with E-state index < -0.39 is 0 Å². The van der Waals surface area contributed by atoms with E-state index in [2.05, 4.69) is 48.4 Å². The highest BCUT2D eigenvalue weighted by atomic mass is 16.4. The van der Waals surface area contributed by atoms with E-state index in [1.54, 1.807) is 0 Å². The molecule has 0 bridgehead atoms. The van der Waals surface area contributed by atoms with Crippen LogP contribution in [0.2, 0.25) is 0 Å². The fourth-order valence-corrected chi connectivity index (χ4v) is 1.62. The first-order valence-corrected chi connectivity index (χ1v) is 6.34. The fourth-order valence-electron chi connectivity index (χ4n) is 1.62. The molecule has 2 aromatic rings. The van der Waals surface area contributed by atoms with Crippen LogP contribution in [0.25, 0.3) is 11.5 Å². The molecule has 0 aliphatic rings. The average molecular weight is 245 g/mol. The maximum absolute atomic E-state index is 5.61. The number of nitrogens with zero attached hydrogens (tertiary/aromatic N) is 2. The molecule has 1 N–H and O–H groups in total. The van der Waals surface area contributed by atoms with Gasteiger partial charge in [0, 0.05) is 11.6 Å². The number of aryl methyl sites for hydroxylation is 1. The summed E-state index contributed by atoms with van der Waals surface area (Å²) in [5, 5.41) is 11.3. The standard InChI is InChI=1S/C14H19N3O/c1-4-11-5-7-12(8-6-11)14-17-16-13(18-14)9-15-10(2)3/h5-8,10,15H,4,9H2,1-3H3. The van der Waals surface area contributed by atoms with E-state index in [0.717, 1.165) is 12.0 Å². The fraction of sp³-hybridized carbons (Fsp3) is 0.429. The van der Waals surface area contributed by atoms with Crippen molar-refractivity contribution in [2.75, 3.05) is 0 Å². The first-order chi connectivity index (χ1) is 8.69. The molecule has 0 fully saturated rings. The van der Waals surface area contributed by atoms with Crippen LogP contribution in [0.5, 0.6) is 0 Å². The maximum Gasteiger partial charge on any atom is 0.247 e. The van der Waals surface area contributed by atoms with E-state index >= 15 is 0 Å². The minimum atomic E-state index is 0.407. The van der Waals surface area contributed by atoms with Crippen molar-refractivity contribution in [2.45, 2.75) is 39.8 Å². The first kappa shape index (κ1) is 12.8. The molecule has 0 amide bonds. The molecule has 0 unspecified atom stereocenters. The Morgan fingerprint density at radius 3 is 2.50 bits per heavy atom. The van der Waals surface area contributed by atoms with E-state index in [1.165, 1.54) is 5.56 Å². The van der Waals surface area contributed by atoms with Crippen LogP contribution in [-0.4, -0.2) is 16.2 Å². The van der Waals surface area contributed by atoms with Gasteiger partial charge in [0.2, 0.25) is 11.8 Å². The Morgan fingerprint density at radius 1 is 1.17 bits per heavy atom. The third-order valence-corrected chi connectivity index (χ3v) is 2.74. The van der Waals surface area contributed by atoms with Gasteiger partial charge < -0.3 is 9.73 Å². The van der Waals surface area contributed by atoms with Crippen molar-refractivity contribution < 1.29 is 4.42 Å². The zero-order valence-corrected chi connectivity index (χ0v) is 11.1. The van der Waals surface area contributed by atoms with Gasteiger partial charge in [-0.05, 0) is 24.1 Å². The molecule has 18 heavy (non-hydrogen) atoms. The second-order valence-electron chi connectivity index (χ2n) is 4.59. The molecule has 0 aliphatic heterocycles. The van der Waals surface area contributed by atoms with Crippen LogP contribution in [0.3, 0.4) is 0 Å². The summed E-state index contributed by atoms with van der Waals surface area (Å²) in [7, 11) is 0. The molecule has 1 aromatic heterocycles. The van der Waals surface area contributed by atoms with Crippen LogP contribution in [0, 0.1) is 0 Å². The van der Waals surface area contributed by atoms with Gasteiger partial charge in [-0.3, -0.25) is 0 Å². The highest BCUT2D eigenvalue weighted by molar-refractivity contribution is 5.52. The van der Waals surface area contributed by atoms with Crippen molar-refractivity contribution in [2.24, 2.45) is 0 Å². The van der Waals surface area contributed by atoms with Crippen LogP contribution in [0.4, 0.5) is 0 Å². The Balaban J connectivity index is 2.08. The average Bonchev–Trinajstić information content (AvgIpc) is 2.85.